The molecule has 1 N–H and O–H groups in total. The Hall–Kier alpha value is -1.88. The molecule has 84 valence electrons. The highest BCUT2D eigenvalue weighted by molar-refractivity contribution is 9.10. The first-order valence-corrected chi connectivity index (χ1v) is 5.84. The first-order valence-electron chi connectivity index (χ1n) is 5.05. The van der Waals surface area contributed by atoms with Crippen LogP contribution in [0.3, 0.4) is 0 Å². The van der Waals surface area contributed by atoms with E-state index in [-0.39, 0.29) is 5.56 Å². The molecule has 2 aromatic heterocycles. The zero-order valence-corrected chi connectivity index (χ0v) is 10.3. The molecule has 0 saturated heterocycles. The van der Waals surface area contributed by atoms with Crippen LogP contribution in [0.4, 0.5) is 0 Å². The maximum atomic E-state index is 11.8. The van der Waals surface area contributed by atoms with Crippen molar-refractivity contribution in [3.63, 3.8) is 0 Å². The van der Waals surface area contributed by atoms with Crippen molar-refractivity contribution >= 4 is 21.4 Å². The Morgan fingerprint density at radius 2 is 2.00 bits per heavy atom. The van der Waals surface area contributed by atoms with Gasteiger partial charge in [0, 0.05) is 10.7 Å². The molecule has 1 aromatic carbocycles. The number of benzene rings is 1. The van der Waals surface area contributed by atoms with Gasteiger partial charge in [-0.25, -0.2) is 4.98 Å². The van der Waals surface area contributed by atoms with E-state index in [4.69, 9.17) is 0 Å². The number of hydrogen-bond donors (Lipinski definition) is 1. The molecular weight excluding hydrogens is 282 g/mol. The summed E-state index contributed by atoms with van der Waals surface area (Å²) in [5.74, 6) is 0. The van der Waals surface area contributed by atoms with Crippen molar-refractivity contribution in [2.75, 3.05) is 0 Å². The smallest absolute Gasteiger partial charge is 0.274 e. The molecule has 5 heteroatoms. The van der Waals surface area contributed by atoms with Crippen LogP contribution in [-0.2, 0) is 0 Å². The summed E-state index contributed by atoms with van der Waals surface area (Å²) in [6, 6.07) is 7.76. The number of rotatable bonds is 1. The largest absolute Gasteiger partial charge is 0.319 e. The number of aromatic nitrogens is 3. The minimum absolute atomic E-state index is 0.136. The summed E-state index contributed by atoms with van der Waals surface area (Å²) in [5.41, 5.74) is 2.14. The average Bonchev–Trinajstić information content (AvgIpc) is 2.78. The molecule has 0 radical (unpaired) electrons. The number of fused-ring (bicyclic) bond motifs is 1. The minimum atomic E-state index is -0.136. The molecule has 4 nitrogen and oxygen atoms in total. The van der Waals surface area contributed by atoms with Crippen LogP contribution in [-0.4, -0.2) is 14.4 Å². The first kappa shape index (κ1) is 10.3. The summed E-state index contributed by atoms with van der Waals surface area (Å²) in [5, 5.41) is 0. The molecular formula is C12H8BrN3O. The van der Waals surface area contributed by atoms with Gasteiger partial charge < -0.3 is 4.98 Å². The van der Waals surface area contributed by atoms with Crippen LogP contribution in [0.5, 0.6) is 0 Å². The zero-order chi connectivity index (χ0) is 11.8. The van der Waals surface area contributed by atoms with Gasteiger partial charge >= 0.3 is 0 Å². The number of imidazole rings is 1. The fourth-order valence-electron chi connectivity index (χ4n) is 1.72. The number of aromatic amines is 1. The molecule has 2 heterocycles. The van der Waals surface area contributed by atoms with Crippen molar-refractivity contribution < 1.29 is 0 Å². The second-order valence-electron chi connectivity index (χ2n) is 3.69. The lowest BCUT2D eigenvalue weighted by atomic mass is 10.2. The Kier molecular flexibility index (Phi) is 2.33. The summed E-state index contributed by atoms with van der Waals surface area (Å²) >= 11 is 3.38. The van der Waals surface area contributed by atoms with Crippen molar-refractivity contribution in [3.8, 4) is 11.3 Å². The quantitative estimate of drug-likeness (QED) is 0.748. The number of hydrogen-bond acceptors (Lipinski definition) is 2. The van der Waals surface area contributed by atoms with E-state index in [9.17, 15) is 4.79 Å². The number of nitrogens with zero attached hydrogens (tertiary/aromatic N) is 2. The SMILES string of the molecule is O=c1[nH]c(-c2ccc(Br)cc2)cn2cncc12. The van der Waals surface area contributed by atoms with E-state index >= 15 is 0 Å². The van der Waals surface area contributed by atoms with E-state index in [0.29, 0.717) is 5.52 Å². The fourth-order valence-corrected chi connectivity index (χ4v) is 1.98. The van der Waals surface area contributed by atoms with E-state index < -0.39 is 0 Å². The van der Waals surface area contributed by atoms with Crippen molar-refractivity contribution in [1.29, 1.82) is 0 Å². The van der Waals surface area contributed by atoms with Crippen molar-refractivity contribution in [2.45, 2.75) is 0 Å². The number of halogens is 1. The van der Waals surface area contributed by atoms with Gasteiger partial charge in [-0.1, -0.05) is 28.1 Å². The fraction of sp³-hybridized carbons (Fsp3) is 0. The van der Waals surface area contributed by atoms with E-state index in [2.05, 4.69) is 25.9 Å². The highest BCUT2D eigenvalue weighted by atomic mass is 79.9. The van der Waals surface area contributed by atoms with Gasteiger partial charge in [-0.05, 0) is 17.7 Å². The Morgan fingerprint density at radius 3 is 2.76 bits per heavy atom. The molecule has 0 aliphatic rings. The molecule has 0 fully saturated rings. The Morgan fingerprint density at radius 1 is 1.24 bits per heavy atom. The van der Waals surface area contributed by atoms with Gasteiger partial charge in [-0.15, -0.1) is 0 Å². The molecule has 0 spiro atoms. The van der Waals surface area contributed by atoms with Crippen LogP contribution in [0, 0.1) is 0 Å². The van der Waals surface area contributed by atoms with E-state index in [1.54, 1.807) is 16.9 Å². The lowest BCUT2D eigenvalue weighted by Crippen LogP contribution is -2.09. The standard InChI is InChI=1S/C12H8BrN3O/c13-9-3-1-8(2-4-9)10-6-16-7-14-5-11(16)12(17)15-10/h1-7H,(H,15,17). The van der Waals surface area contributed by atoms with Gasteiger partial charge in [0.05, 0.1) is 18.2 Å². The van der Waals surface area contributed by atoms with Crippen molar-refractivity contribution in [2.24, 2.45) is 0 Å². The van der Waals surface area contributed by atoms with E-state index in [1.807, 2.05) is 30.5 Å². The maximum absolute atomic E-state index is 11.8. The summed E-state index contributed by atoms with van der Waals surface area (Å²) in [7, 11) is 0. The predicted octanol–water partition coefficient (Wildman–Crippen LogP) is 2.45. The van der Waals surface area contributed by atoms with E-state index in [0.717, 1.165) is 15.7 Å². The molecule has 0 saturated carbocycles. The molecule has 17 heavy (non-hydrogen) atoms. The molecule has 0 atom stereocenters. The second-order valence-corrected chi connectivity index (χ2v) is 4.61. The van der Waals surface area contributed by atoms with Crippen LogP contribution in [0.2, 0.25) is 0 Å². The van der Waals surface area contributed by atoms with Crippen molar-refractivity contribution in [3.05, 3.63) is 57.8 Å². The molecule has 0 aliphatic heterocycles. The Bertz CT molecular complexity index is 727. The number of H-pyrrole nitrogens is 1. The van der Waals surface area contributed by atoms with Crippen LogP contribution in [0.15, 0.2) is 52.3 Å². The molecule has 0 unspecified atom stereocenters. The number of nitrogens with one attached hydrogen (secondary N) is 1. The van der Waals surface area contributed by atoms with Crippen LogP contribution >= 0.6 is 15.9 Å². The minimum Gasteiger partial charge on any atom is -0.319 e. The highest BCUT2D eigenvalue weighted by Crippen LogP contribution is 2.18. The molecule has 3 aromatic rings. The third-order valence-corrected chi connectivity index (χ3v) is 3.10. The average molecular weight is 290 g/mol. The summed E-state index contributed by atoms with van der Waals surface area (Å²) in [4.78, 5) is 18.6. The topological polar surface area (TPSA) is 50.2 Å². The maximum Gasteiger partial charge on any atom is 0.274 e. The van der Waals surface area contributed by atoms with Crippen molar-refractivity contribution in [1.82, 2.24) is 14.4 Å². The molecule has 0 amide bonds. The van der Waals surface area contributed by atoms with Crippen LogP contribution in [0.1, 0.15) is 0 Å². The molecule has 0 bridgehead atoms. The third-order valence-electron chi connectivity index (χ3n) is 2.57. The first-order chi connectivity index (χ1) is 8.24. The van der Waals surface area contributed by atoms with Gasteiger partial charge in [0.1, 0.15) is 5.52 Å². The second kappa shape index (κ2) is 3.85. The summed E-state index contributed by atoms with van der Waals surface area (Å²) in [6.07, 6.45) is 5.02. The summed E-state index contributed by atoms with van der Waals surface area (Å²) in [6.45, 7) is 0. The Balaban J connectivity index is 2.23. The normalized spacial score (nSPS) is 10.9. The monoisotopic (exact) mass is 289 g/mol. The molecule has 0 aliphatic carbocycles. The zero-order valence-electron chi connectivity index (χ0n) is 8.72. The van der Waals surface area contributed by atoms with Gasteiger partial charge in [0.25, 0.3) is 5.56 Å². The highest BCUT2D eigenvalue weighted by Gasteiger charge is 2.03. The van der Waals surface area contributed by atoms with E-state index in [1.165, 1.54) is 0 Å². The van der Waals surface area contributed by atoms with Gasteiger partial charge in [0.15, 0.2) is 0 Å². The van der Waals surface area contributed by atoms with Gasteiger partial charge in [0.2, 0.25) is 0 Å². The predicted molar refractivity (Wildman–Crippen MR) is 68.9 cm³/mol. The molecule has 3 rings (SSSR count). The Labute approximate surface area is 105 Å². The van der Waals surface area contributed by atoms with Gasteiger partial charge in [-0.2, -0.15) is 0 Å². The summed E-state index contributed by atoms with van der Waals surface area (Å²) < 4.78 is 2.73. The van der Waals surface area contributed by atoms with Crippen LogP contribution < -0.4 is 5.56 Å². The lowest BCUT2D eigenvalue weighted by molar-refractivity contribution is 1.09. The third kappa shape index (κ3) is 1.78. The van der Waals surface area contributed by atoms with Gasteiger partial charge in [-0.3, -0.25) is 9.20 Å². The lowest BCUT2D eigenvalue weighted by Gasteiger charge is -2.02. The van der Waals surface area contributed by atoms with Crippen LogP contribution in [0.25, 0.3) is 16.8 Å².